The maximum atomic E-state index is 13.7. The number of fused-ring (bicyclic) bond motifs is 1. The Morgan fingerprint density at radius 2 is 1.64 bits per heavy atom. The molecule has 5 rings (SSSR count). The predicted molar refractivity (Wildman–Crippen MR) is 144 cm³/mol. The van der Waals surface area contributed by atoms with Gasteiger partial charge in [0.1, 0.15) is 35.0 Å². The Bertz CT molecular complexity index is 1500. The van der Waals surface area contributed by atoms with E-state index in [1.165, 1.54) is 19.1 Å². The number of aliphatic hydroxyl groups is 2. The van der Waals surface area contributed by atoms with Crippen molar-refractivity contribution < 1.29 is 59.2 Å². The minimum atomic E-state index is -1.78. The largest absolute Gasteiger partial charge is 0.508 e. The van der Waals surface area contributed by atoms with Gasteiger partial charge in [0.25, 0.3) is 0 Å². The summed E-state index contributed by atoms with van der Waals surface area (Å²) in [7, 11) is 0. The molecule has 2 aliphatic rings. The standard InChI is InChI=1S/C30H28O12/c1-14-24(36)28(41-22(35)10-7-15-5-3-2-4-6-15)26(38)30(39-14)42-29-25(37)23-20(34)12-17(31)13-21(23)40-27(29)16-8-9-18(32)19(33)11-16/h2-14,24,26-34,36,38H,1H3/b10-7+/t14?,24?,26?,27-,28?,29+,30?/m1/s1. The summed E-state index contributed by atoms with van der Waals surface area (Å²) in [5.41, 5.74) is 0.560. The molecule has 0 aliphatic carbocycles. The number of carbonyl (C=O) groups is 2. The van der Waals surface area contributed by atoms with Crippen molar-refractivity contribution in [2.24, 2.45) is 0 Å². The number of phenolic OH excluding ortho intramolecular Hbond substituents is 4. The van der Waals surface area contributed by atoms with E-state index in [-0.39, 0.29) is 22.6 Å². The molecule has 5 unspecified atom stereocenters. The number of hydrogen-bond acceptors (Lipinski definition) is 12. The smallest absolute Gasteiger partial charge is 0.331 e. The fraction of sp³-hybridized carbons (Fsp3) is 0.267. The monoisotopic (exact) mass is 580 g/mol. The molecule has 1 fully saturated rings. The van der Waals surface area contributed by atoms with Gasteiger partial charge >= 0.3 is 5.97 Å². The summed E-state index contributed by atoms with van der Waals surface area (Å²) < 4.78 is 22.8. The first-order chi connectivity index (χ1) is 20.0. The molecule has 0 aromatic heterocycles. The number of ether oxygens (including phenoxy) is 4. The number of esters is 1. The number of carbonyl (C=O) groups excluding carboxylic acids is 2. The molecule has 0 amide bonds. The van der Waals surface area contributed by atoms with Crippen molar-refractivity contribution in [1.82, 2.24) is 0 Å². The second-order valence-corrected chi connectivity index (χ2v) is 9.88. The van der Waals surface area contributed by atoms with Crippen LogP contribution in [0.5, 0.6) is 28.7 Å². The average molecular weight is 581 g/mol. The Morgan fingerprint density at radius 1 is 0.905 bits per heavy atom. The molecule has 0 radical (unpaired) electrons. The van der Waals surface area contributed by atoms with Gasteiger partial charge < -0.3 is 49.6 Å². The van der Waals surface area contributed by atoms with Gasteiger partial charge in [0.2, 0.25) is 5.78 Å². The highest BCUT2D eigenvalue weighted by Gasteiger charge is 2.50. The number of aliphatic hydroxyl groups excluding tert-OH is 2. The first kappa shape index (κ1) is 28.9. The molecule has 7 atom stereocenters. The molecule has 0 bridgehead atoms. The van der Waals surface area contributed by atoms with Gasteiger partial charge in [0, 0.05) is 18.2 Å². The van der Waals surface area contributed by atoms with Gasteiger partial charge in [-0.2, -0.15) is 0 Å². The molecule has 3 aromatic rings. The van der Waals surface area contributed by atoms with E-state index < -0.39 is 71.9 Å². The predicted octanol–water partition coefficient (Wildman–Crippen LogP) is 2.30. The van der Waals surface area contributed by atoms with Crippen LogP contribution in [0.1, 0.15) is 34.5 Å². The highest BCUT2D eigenvalue weighted by Crippen LogP contribution is 2.44. The third-order valence-electron chi connectivity index (χ3n) is 6.95. The molecule has 3 aromatic carbocycles. The second-order valence-electron chi connectivity index (χ2n) is 9.88. The number of rotatable bonds is 6. The lowest BCUT2D eigenvalue weighted by Gasteiger charge is -2.43. The molecular formula is C30H28O12. The fourth-order valence-corrected chi connectivity index (χ4v) is 4.79. The van der Waals surface area contributed by atoms with Crippen LogP contribution >= 0.6 is 0 Å². The van der Waals surface area contributed by atoms with Crippen molar-refractivity contribution in [3.8, 4) is 28.7 Å². The van der Waals surface area contributed by atoms with Crippen LogP contribution in [-0.2, 0) is 19.0 Å². The van der Waals surface area contributed by atoms with Crippen molar-refractivity contribution in [3.05, 3.63) is 83.4 Å². The molecular weight excluding hydrogens is 552 g/mol. The van der Waals surface area contributed by atoms with Crippen LogP contribution in [0.15, 0.2) is 66.7 Å². The zero-order chi connectivity index (χ0) is 30.1. The Balaban J connectivity index is 1.42. The van der Waals surface area contributed by atoms with Gasteiger partial charge in [0.15, 0.2) is 36.1 Å². The zero-order valence-corrected chi connectivity index (χ0v) is 22.1. The molecule has 0 spiro atoms. The van der Waals surface area contributed by atoms with E-state index in [2.05, 4.69) is 0 Å². The van der Waals surface area contributed by atoms with E-state index in [0.717, 1.165) is 35.9 Å². The molecule has 2 heterocycles. The zero-order valence-electron chi connectivity index (χ0n) is 22.1. The molecule has 0 saturated carbocycles. The number of aromatic hydroxyl groups is 4. The lowest BCUT2D eigenvalue weighted by molar-refractivity contribution is -0.306. The van der Waals surface area contributed by atoms with Crippen LogP contribution in [0.25, 0.3) is 6.08 Å². The first-order valence-electron chi connectivity index (χ1n) is 12.9. The summed E-state index contributed by atoms with van der Waals surface area (Å²) in [5, 5.41) is 61.9. The van der Waals surface area contributed by atoms with Crippen LogP contribution in [-0.4, -0.2) is 79.2 Å². The van der Waals surface area contributed by atoms with Gasteiger partial charge in [-0.3, -0.25) is 4.79 Å². The first-order valence-corrected chi connectivity index (χ1v) is 12.9. The second kappa shape index (κ2) is 11.7. The van der Waals surface area contributed by atoms with E-state index in [4.69, 9.17) is 18.9 Å². The molecule has 12 heteroatoms. The molecule has 42 heavy (non-hydrogen) atoms. The van der Waals surface area contributed by atoms with Gasteiger partial charge in [-0.15, -0.1) is 0 Å². The van der Waals surface area contributed by atoms with Crippen LogP contribution in [0.2, 0.25) is 0 Å². The van der Waals surface area contributed by atoms with Gasteiger partial charge in [-0.05, 0) is 36.3 Å². The van der Waals surface area contributed by atoms with E-state index in [1.807, 2.05) is 6.07 Å². The minimum Gasteiger partial charge on any atom is -0.508 e. The Labute approximate surface area is 239 Å². The minimum absolute atomic E-state index is 0.157. The summed E-state index contributed by atoms with van der Waals surface area (Å²) in [5.74, 6) is -3.79. The van der Waals surface area contributed by atoms with Crippen LogP contribution in [0.3, 0.4) is 0 Å². The van der Waals surface area contributed by atoms with Gasteiger partial charge in [0.05, 0.1) is 6.10 Å². The van der Waals surface area contributed by atoms with Crippen LogP contribution in [0, 0.1) is 0 Å². The fourth-order valence-electron chi connectivity index (χ4n) is 4.79. The number of hydrogen-bond donors (Lipinski definition) is 6. The number of phenols is 4. The van der Waals surface area contributed by atoms with E-state index in [1.54, 1.807) is 24.3 Å². The summed E-state index contributed by atoms with van der Waals surface area (Å²) in [6.07, 6.45) is -7.72. The van der Waals surface area contributed by atoms with Crippen molar-refractivity contribution in [2.75, 3.05) is 0 Å². The topological polar surface area (TPSA) is 192 Å². The van der Waals surface area contributed by atoms with Gasteiger partial charge in [-0.25, -0.2) is 4.79 Å². The third-order valence-corrected chi connectivity index (χ3v) is 6.95. The molecule has 12 nitrogen and oxygen atoms in total. The van der Waals surface area contributed by atoms with E-state index >= 15 is 0 Å². The summed E-state index contributed by atoms with van der Waals surface area (Å²) in [6.45, 7) is 1.45. The maximum Gasteiger partial charge on any atom is 0.331 e. The lowest BCUT2D eigenvalue weighted by Crippen LogP contribution is -2.60. The maximum absolute atomic E-state index is 13.7. The number of Topliss-reactive ketones (excluding diaryl/α,β-unsaturated/α-hetero) is 1. The van der Waals surface area contributed by atoms with Crippen molar-refractivity contribution in [2.45, 2.75) is 49.8 Å². The highest BCUT2D eigenvalue weighted by molar-refractivity contribution is 6.05. The Hall–Kier alpha value is -4.62. The van der Waals surface area contributed by atoms with E-state index in [9.17, 15) is 40.2 Å². The molecule has 6 N–H and O–H groups in total. The van der Waals surface area contributed by atoms with E-state index in [0.29, 0.717) is 0 Å². The van der Waals surface area contributed by atoms with Crippen LogP contribution in [0.4, 0.5) is 0 Å². The molecule has 220 valence electrons. The SMILES string of the molecule is CC1OC(O[C@H]2C(=O)c3c(O)cc(O)cc3O[C@@H]2c2ccc(O)c(O)c2)C(O)C(OC(=O)/C=C/c2ccccc2)C1O. The third kappa shape index (κ3) is 5.74. The van der Waals surface area contributed by atoms with Crippen molar-refractivity contribution >= 4 is 17.8 Å². The molecule has 2 aliphatic heterocycles. The van der Waals surface area contributed by atoms with Gasteiger partial charge in [-0.1, -0.05) is 36.4 Å². The molecule has 1 saturated heterocycles. The normalized spacial score (nSPS) is 27.3. The Kier molecular flexibility index (Phi) is 8.05. The number of benzene rings is 3. The lowest BCUT2D eigenvalue weighted by atomic mass is 9.92. The quantitative estimate of drug-likeness (QED) is 0.142. The van der Waals surface area contributed by atoms with Crippen molar-refractivity contribution in [3.63, 3.8) is 0 Å². The average Bonchev–Trinajstić information content (AvgIpc) is 2.95. The Morgan fingerprint density at radius 3 is 2.36 bits per heavy atom. The summed E-state index contributed by atoms with van der Waals surface area (Å²) in [4.78, 5) is 26.2. The summed E-state index contributed by atoms with van der Waals surface area (Å²) >= 11 is 0. The van der Waals surface area contributed by atoms with Crippen LogP contribution < -0.4 is 4.74 Å². The number of ketones is 1. The highest BCUT2D eigenvalue weighted by atomic mass is 16.7. The van der Waals surface area contributed by atoms with Crippen molar-refractivity contribution in [1.29, 1.82) is 0 Å². The summed E-state index contributed by atoms with van der Waals surface area (Å²) in [6, 6.07) is 14.6.